The third-order valence-corrected chi connectivity index (χ3v) is 1.64. The number of methoxy groups -OCH3 is 1. The molecule has 0 aliphatic rings. The maximum atomic E-state index is 10.0. The van der Waals surface area contributed by atoms with Crippen LogP contribution in [0.15, 0.2) is 0 Å². The summed E-state index contributed by atoms with van der Waals surface area (Å²) < 4.78 is 5.05. The van der Waals surface area contributed by atoms with Gasteiger partial charge in [0, 0.05) is 13.5 Å². The van der Waals surface area contributed by atoms with Crippen LogP contribution in [0.3, 0.4) is 0 Å². The molecule has 2 nitrogen and oxygen atoms in total. The fourth-order valence-electron chi connectivity index (χ4n) is 0.923. The zero-order valence-corrected chi connectivity index (χ0v) is 6.96. The molecule has 0 rings (SSSR count). The molecule has 0 saturated carbocycles. The van der Waals surface area contributed by atoms with Gasteiger partial charge in [-0.25, -0.2) is 0 Å². The molecule has 0 heterocycles. The van der Waals surface area contributed by atoms with Gasteiger partial charge in [-0.3, -0.25) is 0 Å². The van der Waals surface area contributed by atoms with Crippen LogP contribution in [-0.4, -0.2) is 19.5 Å². The van der Waals surface area contributed by atoms with Crippen LogP contribution in [0.5, 0.6) is 0 Å². The van der Waals surface area contributed by atoms with E-state index in [4.69, 9.17) is 4.74 Å². The summed E-state index contributed by atoms with van der Waals surface area (Å²) in [7, 11) is 1.69. The lowest BCUT2D eigenvalue weighted by molar-refractivity contribution is -0.108. The Morgan fingerprint density at radius 1 is 1.50 bits per heavy atom. The molecule has 0 aliphatic heterocycles. The van der Waals surface area contributed by atoms with E-state index in [9.17, 15) is 4.79 Å². The number of carbonyl (C=O) groups is 1. The number of aldehydes is 1. The van der Waals surface area contributed by atoms with E-state index in [0.29, 0.717) is 12.3 Å². The predicted octanol–water partition coefficient (Wildman–Crippen LogP) is 1.64. The van der Waals surface area contributed by atoms with Crippen molar-refractivity contribution in [3.63, 3.8) is 0 Å². The summed E-state index contributed by atoms with van der Waals surface area (Å²) in [5.41, 5.74) is 0. The molecule has 0 spiro atoms. The van der Waals surface area contributed by atoms with E-state index >= 15 is 0 Å². The van der Waals surface area contributed by atoms with Crippen molar-refractivity contribution in [1.29, 1.82) is 0 Å². The summed E-state index contributed by atoms with van der Waals surface area (Å²) in [6.45, 7) is 4.07. The molecule has 0 amide bonds. The Bertz CT molecular complexity index is 91.3. The minimum Gasteiger partial charge on any atom is -0.382 e. The van der Waals surface area contributed by atoms with Gasteiger partial charge in [-0.15, -0.1) is 0 Å². The van der Waals surface area contributed by atoms with E-state index in [1.807, 2.05) is 6.92 Å². The van der Waals surface area contributed by atoms with Crippen molar-refractivity contribution in [3.05, 3.63) is 0 Å². The number of rotatable bonds is 5. The van der Waals surface area contributed by atoms with Crippen molar-refractivity contribution < 1.29 is 9.53 Å². The molecule has 0 bridgehead atoms. The van der Waals surface area contributed by atoms with Crippen molar-refractivity contribution >= 4 is 6.29 Å². The van der Waals surface area contributed by atoms with Gasteiger partial charge in [0.2, 0.25) is 0 Å². The summed E-state index contributed by atoms with van der Waals surface area (Å²) in [5, 5.41) is 0. The highest BCUT2D eigenvalue weighted by molar-refractivity contribution is 5.49. The van der Waals surface area contributed by atoms with E-state index in [1.165, 1.54) is 0 Å². The third-order valence-electron chi connectivity index (χ3n) is 1.64. The van der Waals surface area contributed by atoms with Gasteiger partial charge < -0.3 is 9.53 Å². The van der Waals surface area contributed by atoms with Crippen molar-refractivity contribution in [2.75, 3.05) is 7.11 Å². The molecule has 2 heteroatoms. The van der Waals surface area contributed by atoms with Crippen molar-refractivity contribution in [2.45, 2.75) is 32.8 Å². The Morgan fingerprint density at radius 3 is 2.50 bits per heavy atom. The Hall–Kier alpha value is -0.370. The summed E-state index contributed by atoms with van der Waals surface area (Å²) in [5.74, 6) is 0.451. The highest BCUT2D eigenvalue weighted by atomic mass is 16.5. The second-order valence-corrected chi connectivity index (χ2v) is 2.79. The Morgan fingerprint density at radius 2 is 2.10 bits per heavy atom. The maximum absolute atomic E-state index is 10.0. The fraction of sp³-hybridized carbons (Fsp3) is 0.875. The van der Waals surface area contributed by atoms with Crippen LogP contribution in [0.2, 0.25) is 0 Å². The van der Waals surface area contributed by atoms with Gasteiger partial charge in [0.1, 0.15) is 6.29 Å². The topological polar surface area (TPSA) is 26.3 Å². The molecule has 0 fully saturated rings. The summed E-state index contributed by atoms with van der Waals surface area (Å²) >= 11 is 0. The lowest BCUT2D eigenvalue weighted by atomic mass is 10.0. The van der Waals surface area contributed by atoms with Gasteiger partial charge in [-0.05, 0) is 19.3 Å². The summed E-state index contributed by atoms with van der Waals surface area (Å²) in [4.78, 5) is 10.0. The van der Waals surface area contributed by atoms with E-state index in [2.05, 4.69) is 6.92 Å². The monoisotopic (exact) mass is 144 g/mol. The van der Waals surface area contributed by atoms with Crippen LogP contribution in [0.25, 0.3) is 0 Å². The van der Waals surface area contributed by atoms with E-state index < -0.39 is 0 Å². The van der Waals surface area contributed by atoms with Crippen molar-refractivity contribution in [3.8, 4) is 0 Å². The quantitative estimate of drug-likeness (QED) is 0.548. The van der Waals surface area contributed by atoms with Gasteiger partial charge >= 0.3 is 0 Å². The predicted molar refractivity (Wildman–Crippen MR) is 40.9 cm³/mol. The SMILES string of the molecule is COC(C)CC(C)CC=O. The van der Waals surface area contributed by atoms with Crippen LogP contribution < -0.4 is 0 Å². The van der Waals surface area contributed by atoms with Gasteiger partial charge in [0.15, 0.2) is 0 Å². The third kappa shape index (κ3) is 4.50. The first kappa shape index (κ1) is 9.63. The van der Waals surface area contributed by atoms with Crippen molar-refractivity contribution in [2.24, 2.45) is 5.92 Å². The highest BCUT2D eigenvalue weighted by Gasteiger charge is 2.06. The van der Waals surface area contributed by atoms with Crippen LogP contribution in [0.1, 0.15) is 26.7 Å². The van der Waals surface area contributed by atoms with Gasteiger partial charge in [-0.2, -0.15) is 0 Å². The standard InChI is InChI=1S/C8H16O2/c1-7(4-5-9)6-8(2)10-3/h5,7-8H,4,6H2,1-3H3. The first-order chi connectivity index (χ1) is 4.70. The highest BCUT2D eigenvalue weighted by Crippen LogP contribution is 2.09. The second kappa shape index (κ2) is 5.42. The smallest absolute Gasteiger partial charge is 0.120 e. The zero-order chi connectivity index (χ0) is 7.98. The lowest BCUT2D eigenvalue weighted by Crippen LogP contribution is -2.10. The minimum absolute atomic E-state index is 0.273. The molecular formula is C8H16O2. The summed E-state index contributed by atoms with van der Waals surface area (Å²) in [6.07, 6.45) is 2.85. The molecule has 0 aromatic carbocycles. The van der Waals surface area contributed by atoms with Crippen LogP contribution in [-0.2, 0) is 9.53 Å². The number of hydrogen-bond donors (Lipinski definition) is 0. The summed E-state index contributed by atoms with van der Waals surface area (Å²) in [6, 6.07) is 0. The molecule has 2 atom stereocenters. The molecule has 60 valence electrons. The van der Waals surface area contributed by atoms with E-state index in [1.54, 1.807) is 7.11 Å². The molecule has 10 heavy (non-hydrogen) atoms. The fourth-order valence-corrected chi connectivity index (χ4v) is 0.923. The van der Waals surface area contributed by atoms with Crippen LogP contribution in [0, 0.1) is 5.92 Å². The normalized spacial score (nSPS) is 16.3. The first-order valence-corrected chi connectivity index (χ1v) is 3.67. The zero-order valence-electron chi connectivity index (χ0n) is 6.96. The molecule has 0 aromatic heterocycles. The van der Waals surface area contributed by atoms with Gasteiger partial charge in [0.25, 0.3) is 0 Å². The molecule has 0 saturated heterocycles. The number of carbonyl (C=O) groups excluding carboxylic acids is 1. The lowest BCUT2D eigenvalue weighted by Gasteiger charge is -2.12. The second-order valence-electron chi connectivity index (χ2n) is 2.79. The van der Waals surface area contributed by atoms with Gasteiger partial charge in [-0.1, -0.05) is 6.92 Å². The van der Waals surface area contributed by atoms with Crippen LogP contribution in [0.4, 0.5) is 0 Å². The molecule has 0 aromatic rings. The minimum atomic E-state index is 0.273. The van der Waals surface area contributed by atoms with Gasteiger partial charge in [0.05, 0.1) is 6.10 Å². The average Bonchev–Trinajstić information content (AvgIpc) is 1.88. The van der Waals surface area contributed by atoms with Crippen molar-refractivity contribution in [1.82, 2.24) is 0 Å². The van der Waals surface area contributed by atoms with E-state index in [0.717, 1.165) is 12.7 Å². The van der Waals surface area contributed by atoms with E-state index in [-0.39, 0.29) is 6.10 Å². The molecule has 0 N–H and O–H groups in total. The first-order valence-electron chi connectivity index (χ1n) is 3.67. The number of ether oxygens (including phenoxy) is 1. The molecule has 0 radical (unpaired) electrons. The Labute approximate surface area is 62.6 Å². The Balaban J connectivity index is 3.35. The maximum Gasteiger partial charge on any atom is 0.120 e. The largest absolute Gasteiger partial charge is 0.382 e. The average molecular weight is 144 g/mol. The number of hydrogen-bond acceptors (Lipinski definition) is 2. The molecular weight excluding hydrogens is 128 g/mol. The Kier molecular flexibility index (Phi) is 5.22. The molecule has 2 unspecified atom stereocenters. The van der Waals surface area contributed by atoms with Crippen LogP contribution >= 0.6 is 0 Å². The molecule has 0 aliphatic carbocycles.